The number of allylic oxidation sites excluding steroid dienone is 2. The molecule has 45 heavy (non-hydrogen) atoms. The number of benzene rings is 1. The molecule has 1 aliphatic carbocycles. The average Bonchev–Trinajstić information content (AvgIpc) is 3.47. The fraction of sp³-hybridized carbons (Fsp3) is 0.353. The van der Waals surface area contributed by atoms with Gasteiger partial charge in [-0.2, -0.15) is 0 Å². The van der Waals surface area contributed by atoms with Crippen LogP contribution in [0.15, 0.2) is 73.0 Å². The van der Waals surface area contributed by atoms with E-state index in [2.05, 4.69) is 15.3 Å². The number of carbonyl (C=O) groups excluding carboxylic acids is 2. The smallest absolute Gasteiger partial charge is 0.323 e. The van der Waals surface area contributed by atoms with Gasteiger partial charge in [-0.25, -0.2) is 14.4 Å². The summed E-state index contributed by atoms with van der Waals surface area (Å²) in [5, 5.41) is 3.19. The molecular weight excluding hydrogens is 618 g/mol. The molecule has 11 heteroatoms. The zero-order valence-corrected chi connectivity index (χ0v) is 27.0. The summed E-state index contributed by atoms with van der Waals surface area (Å²) < 4.78 is 25.7. The maximum absolute atomic E-state index is 16.4. The highest BCUT2D eigenvalue weighted by Crippen LogP contribution is 2.54. The van der Waals surface area contributed by atoms with E-state index in [9.17, 15) is 9.59 Å². The Morgan fingerprint density at radius 2 is 1.93 bits per heavy atom. The zero-order valence-electron chi connectivity index (χ0n) is 25.5. The van der Waals surface area contributed by atoms with Gasteiger partial charge in [-0.1, -0.05) is 65.7 Å². The summed E-state index contributed by atoms with van der Waals surface area (Å²) in [5.74, 6) is -1.02. The van der Waals surface area contributed by atoms with Crippen molar-refractivity contribution < 1.29 is 23.5 Å². The lowest BCUT2D eigenvalue weighted by Gasteiger charge is -2.44. The Balaban J connectivity index is 1.56. The third kappa shape index (κ3) is 6.48. The number of aromatic nitrogens is 2. The average molecular weight is 654 g/mol. The molecule has 8 nitrogen and oxygen atoms in total. The molecule has 1 fully saturated rings. The Kier molecular flexibility index (Phi) is 9.35. The summed E-state index contributed by atoms with van der Waals surface area (Å²) in [7, 11) is 1.40. The molecule has 5 rings (SSSR count). The van der Waals surface area contributed by atoms with E-state index in [1.807, 2.05) is 56.0 Å². The number of hydrogen-bond donors (Lipinski definition) is 1. The minimum absolute atomic E-state index is 0.0569. The molecule has 2 unspecified atom stereocenters. The van der Waals surface area contributed by atoms with E-state index in [1.165, 1.54) is 13.3 Å². The van der Waals surface area contributed by atoms with Crippen LogP contribution in [0.25, 0.3) is 5.57 Å². The van der Waals surface area contributed by atoms with Crippen LogP contribution >= 0.6 is 23.2 Å². The SMILES string of the molecule is COc1nc(C2(Nc3nccc(CN4CCCC4C(=O)OC(C)(C)C)c3F)C=CC=C(c3ccccc3)C2(Cl)Cl)ccc1C=O. The van der Waals surface area contributed by atoms with Crippen LogP contribution in [-0.4, -0.2) is 56.8 Å². The molecule has 0 bridgehead atoms. The quantitative estimate of drug-likeness (QED) is 0.152. The van der Waals surface area contributed by atoms with Gasteiger partial charge in [-0.3, -0.25) is 14.5 Å². The van der Waals surface area contributed by atoms with E-state index in [-0.39, 0.29) is 35.5 Å². The lowest BCUT2D eigenvalue weighted by molar-refractivity contribution is -0.160. The van der Waals surface area contributed by atoms with Crippen molar-refractivity contribution >= 4 is 46.8 Å². The second kappa shape index (κ2) is 12.9. The molecule has 236 valence electrons. The highest BCUT2D eigenvalue weighted by Gasteiger charge is 2.55. The highest BCUT2D eigenvalue weighted by atomic mass is 35.5. The van der Waals surface area contributed by atoms with Gasteiger partial charge in [0.25, 0.3) is 0 Å². The van der Waals surface area contributed by atoms with Crippen LogP contribution < -0.4 is 10.1 Å². The Bertz CT molecular complexity index is 1640. The summed E-state index contributed by atoms with van der Waals surface area (Å²) in [4.78, 5) is 35.4. The summed E-state index contributed by atoms with van der Waals surface area (Å²) >= 11 is 14.6. The van der Waals surface area contributed by atoms with Crippen molar-refractivity contribution in [3.05, 3.63) is 101 Å². The third-order valence-corrected chi connectivity index (χ3v) is 8.85. The minimum atomic E-state index is -1.76. The standard InChI is InChI=1S/C34H35Cl2FN4O4/c1-32(2,3)45-31(43)26-13-9-19-41(26)20-23-16-18-38-29(28(23)37)40-33(27-15-14-24(21-42)30(39-27)44-4)17-8-12-25(34(33,35)36)22-10-6-5-7-11-22/h5-8,10-12,14-18,21,26H,9,13,19-20H2,1-4H3,(H,38,40). The van der Waals surface area contributed by atoms with Crippen molar-refractivity contribution in [1.29, 1.82) is 0 Å². The first kappa shape index (κ1) is 32.6. The minimum Gasteiger partial charge on any atom is -0.480 e. The maximum Gasteiger partial charge on any atom is 0.323 e. The lowest BCUT2D eigenvalue weighted by Crippen LogP contribution is -2.51. The molecule has 0 amide bonds. The van der Waals surface area contributed by atoms with E-state index in [1.54, 1.807) is 36.4 Å². The van der Waals surface area contributed by atoms with Crippen LogP contribution in [0.2, 0.25) is 0 Å². The van der Waals surface area contributed by atoms with Gasteiger partial charge in [-0.15, -0.1) is 0 Å². The van der Waals surface area contributed by atoms with Gasteiger partial charge in [0.05, 0.1) is 18.4 Å². The first-order chi connectivity index (χ1) is 21.4. The second-order valence-electron chi connectivity index (χ2n) is 12.0. The zero-order chi connectivity index (χ0) is 32.4. The number of pyridine rings is 2. The predicted octanol–water partition coefficient (Wildman–Crippen LogP) is 6.88. The molecule has 1 N–H and O–H groups in total. The van der Waals surface area contributed by atoms with Gasteiger partial charge < -0.3 is 14.8 Å². The molecule has 0 saturated carbocycles. The Hall–Kier alpha value is -3.79. The van der Waals surface area contributed by atoms with Gasteiger partial charge in [-0.05, 0) is 75.6 Å². The molecule has 0 radical (unpaired) electrons. The number of hydrogen-bond acceptors (Lipinski definition) is 8. The van der Waals surface area contributed by atoms with Crippen LogP contribution in [0.3, 0.4) is 0 Å². The fourth-order valence-corrected chi connectivity index (χ4v) is 6.47. The van der Waals surface area contributed by atoms with E-state index >= 15 is 4.39 Å². The van der Waals surface area contributed by atoms with Crippen molar-refractivity contribution in [3.63, 3.8) is 0 Å². The van der Waals surface area contributed by atoms with Gasteiger partial charge in [0, 0.05) is 18.3 Å². The molecule has 1 aromatic carbocycles. The van der Waals surface area contributed by atoms with Crippen molar-refractivity contribution in [2.45, 2.75) is 61.7 Å². The highest BCUT2D eigenvalue weighted by molar-refractivity contribution is 6.55. The Morgan fingerprint density at radius 3 is 2.62 bits per heavy atom. The van der Waals surface area contributed by atoms with Gasteiger partial charge >= 0.3 is 5.97 Å². The van der Waals surface area contributed by atoms with Gasteiger partial charge in [0.2, 0.25) is 5.88 Å². The summed E-state index contributed by atoms with van der Waals surface area (Å²) in [6.45, 7) is 6.25. The number of ether oxygens (including phenoxy) is 2. The number of nitrogens with zero attached hydrogens (tertiary/aromatic N) is 3. The number of halogens is 3. The van der Waals surface area contributed by atoms with Crippen molar-refractivity contribution in [2.24, 2.45) is 0 Å². The number of carbonyl (C=O) groups is 2. The van der Waals surface area contributed by atoms with E-state index in [0.717, 1.165) is 12.0 Å². The van der Waals surface area contributed by atoms with Crippen molar-refractivity contribution in [3.8, 4) is 5.88 Å². The normalized spacial score (nSPS) is 21.2. The molecule has 3 aromatic rings. The number of esters is 1. The number of aldehydes is 1. The first-order valence-corrected chi connectivity index (χ1v) is 15.4. The number of methoxy groups -OCH3 is 1. The van der Waals surface area contributed by atoms with Crippen LogP contribution in [0, 0.1) is 5.82 Å². The molecular formula is C34H35Cl2FN4O4. The molecule has 2 atom stereocenters. The first-order valence-electron chi connectivity index (χ1n) is 14.6. The molecule has 2 aliphatic rings. The van der Waals surface area contributed by atoms with E-state index in [4.69, 9.17) is 32.7 Å². The second-order valence-corrected chi connectivity index (χ2v) is 13.3. The summed E-state index contributed by atoms with van der Waals surface area (Å²) in [6.07, 6.45) is 8.77. The summed E-state index contributed by atoms with van der Waals surface area (Å²) in [6, 6.07) is 13.6. The monoisotopic (exact) mass is 652 g/mol. The largest absolute Gasteiger partial charge is 0.480 e. The molecule has 1 saturated heterocycles. The molecule has 2 aromatic heterocycles. The maximum atomic E-state index is 16.4. The molecule has 0 spiro atoms. The topological polar surface area (TPSA) is 93.7 Å². The molecule has 3 heterocycles. The van der Waals surface area contributed by atoms with Crippen LogP contribution in [-0.2, 0) is 21.6 Å². The van der Waals surface area contributed by atoms with E-state index in [0.29, 0.717) is 30.4 Å². The number of alkyl halides is 2. The number of anilines is 1. The van der Waals surface area contributed by atoms with Crippen molar-refractivity contribution in [2.75, 3.05) is 19.0 Å². The van der Waals surface area contributed by atoms with Crippen LogP contribution in [0.1, 0.15) is 60.8 Å². The van der Waals surface area contributed by atoms with Gasteiger partial charge in [0.1, 0.15) is 17.2 Å². The predicted molar refractivity (Wildman–Crippen MR) is 173 cm³/mol. The fourth-order valence-electron chi connectivity index (χ4n) is 5.71. The number of rotatable bonds is 9. The Labute approximate surface area is 272 Å². The van der Waals surface area contributed by atoms with Gasteiger partial charge in [0.15, 0.2) is 22.3 Å². The molecule has 1 aliphatic heterocycles. The summed E-state index contributed by atoms with van der Waals surface area (Å²) in [5.41, 5.74) is -0.105. The van der Waals surface area contributed by atoms with Crippen LogP contribution in [0.5, 0.6) is 5.88 Å². The van der Waals surface area contributed by atoms with Crippen LogP contribution in [0.4, 0.5) is 10.2 Å². The van der Waals surface area contributed by atoms with E-state index < -0.39 is 27.3 Å². The number of likely N-dealkylation sites (tertiary alicyclic amines) is 1. The van der Waals surface area contributed by atoms with Crippen molar-refractivity contribution in [1.82, 2.24) is 14.9 Å². The third-order valence-electron chi connectivity index (χ3n) is 7.84. The Morgan fingerprint density at radius 1 is 1.18 bits per heavy atom. The number of nitrogens with one attached hydrogen (secondary N) is 1. The lowest BCUT2D eigenvalue weighted by atomic mass is 9.79.